The molecule has 1 amide bonds. The van der Waals surface area contributed by atoms with Crippen LogP contribution in [0.2, 0.25) is 0 Å². The number of carbonyl (C=O) groups is 1. The number of nitrogens with two attached hydrogens (primary N) is 1. The Balaban J connectivity index is 1.62. The molecule has 0 radical (unpaired) electrons. The van der Waals surface area contributed by atoms with E-state index in [2.05, 4.69) is 24.1 Å². The van der Waals surface area contributed by atoms with E-state index in [4.69, 9.17) is 5.73 Å². The van der Waals surface area contributed by atoms with E-state index in [1.54, 1.807) is 0 Å². The summed E-state index contributed by atoms with van der Waals surface area (Å²) < 4.78 is 0. The van der Waals surface area contributed by atoms with Crippen molar-refractivity contribution in [3.8, 4) is 0 Å². The molecule has 1 aromatic carbocycles. The average Bonchev–Trinajstić information content (AvgIpc) is 2.51. The third-order valence-corrected chi connectivity index (χ3v) is 4.53. The number of rotatable bonds is 7. The second-order valence-electron chi connectivity index (χ2n) is 7.15. The van der Waals surface area contributed by atoms with Crippen LogP contribution in [0, 0.1) is 11.8 Å². The van der Waals surface area contributed by atoms with Crippen LogP contribution in [0.4, 0.5) is 0 Å². The predicted molar refractivity (Wildman–Crippen MR) is 95.1 cm³/mol. The molecule has 4 heteroatoms. The fourth-order valence-electron chi connectivity index (χ4n) is 3.58. The second kappa shape index (κ2) is 9.04. The third kappa shape index (κ3) is 6.32. The Labute approximate surface area is 140 Å². The Morgan fingerprint density at radius 2 is 1.91 bits per heavy atom. The van der Waals surface area contributed by atoms with Gasteiger partial charge in [0.2, 0.25) is 5.91 Å². The zero-order chi connectivity index (χ0) is 16.7. The summed E-state index contributed by atoms with van der Waals surface area (Å²) in [4.78, 5) is 14.6. The summed E-state index contributed by atoms with van der Waals surface area (Å²) in [7, 11) is 0. The van der Waals surface area contributed by atoms with E-state index in [1.165, 1.54) is 19.5 Å². The summed E-state index contributed by atoms with van der Waals surface area (Å²) in [6.45, 7) is 8.79. The highest BCUT2D eigenvalue weighted by atomic mass is 16.2. The molecule has 1 aromatic rings. The van der Waals surface area contributed by atoms with Gasteiger partial charge in [-0.1, -0.05) is 44.2 Å². The van der Waals surface area contributed by atoms with Gasteiger partial charge in [0.1, 0.15) is 0 Å². The molecule has 23 heavy (non-hydrogen) atoms. The van der Waals surface area contributed by atoms with Gasteiger partial charge in [-0.3, -0.25) is 4.79 Å². The molecule has 0 aliphatic carbocycles. The van der Waals surface area contributed by atoms with Gasteiger partial charge in [-0.25, -0.2) is 0 Å². The topological polar surface area (TPSA) is 58.4 Å². The summed E-state index contributed by atoms with van der Waals surface area (Å²) in [5.74, 6) is 1.52. The highest BCUT2D eigenvalue weighted by Crippen LogP contribution is 2.20. The molecule has 0 bridgehead atoms. The average molecular weight is 317 g/mol. The van der Waals surface area contributed by atoms with Gasteiger partial charge in [0.15, 0.2) is 0 Å². The van der Waals surface area contributed by atoms with Crippen LogP contribution in [-0.4, -0.2) is 43.0 Å². The third-order valence-electron chi connectivity index (χ3n) is 4.53. The molecule has 3 N–H and O–H groups in total. The Hall–Kier alpha value is -1.39. The van der Waals surface area contributed by atoms with Crippen LogP contribution in [0.5, 0.6) is 0 Å². The molecule has 1 aliphatic heterocycles. The number of nitrogens with zero attached hydrogens (tertiary/aromatic N) is 1. The normalized spacial score (nSPS) is 23.4. The lowest BCUT2D eigenvalue weighted by molar-refractivity contribution is -0.122. The summed E-state index contributed by atoms with van der Waals surface area (Å²) >= 11 is 0. The van der Waals surface area contributed by atoms with E-state index in [0.717, 1.165) is 30.4 Å². The van der Waals surface area contributed by atoms with Crippen molar-refractivity contribution in [1.29, 1.82) is 0 Å². The maximum Gasteiger partial charge on any atom is 0.237 e. The highest BCUT2D eigenvalue weighted by molar-refractivity contribution is 5.81. The van der Waals surface area contributed by atoms with Crippen LogP contribution in [0.1, 0.15) is 32.3 Å². The van der Waals surface area contributed by atoms with Crippen molar-refractivity contribution in [1.82, 2.24) is 10.2 Å². The van der Waals surface area contributed by atoms with E-state index in [1.807, 2.05) is 30.3 Å². The maximum absolute atomic E-state index is 12.1. The van der Waals surface area contributed by atoms with Crippen LogP contribution < -0.4 is 11.1 Å². The smallest absolute Gasteiger partial charge is 0.237 e. The van der Waals surface area contributed by atoms with Crippen LogP contribution in [-0.2, 0) is 11.2 Å². The molecule has 0 saturated carbocycles. The number of nitrogens with one attached hydrogen (secondary N) is 1. The van der Waals surface area contributed by atoms with Crippen LogP contribution in [0.25, 0.3) is 0 Å². The van der Waals surface area contributed by atoms with Crippen LogP contribution in [0.3, 0.4) is 0 Å². The first-order valence-corrected chi connectivity index (χ1v) is 8.84. The lowest BCUT2D eigenvalue weighted by Crippen LogP contribution is -2.43. The van der Waals surface area contributed by atoms with Crippen molar-refractivity contribution in [2.24, 2.45) is 17.6 Å². The van der Waals surface area contributed by atoms with Gasteiger partial charge in [-0.15, -0.1) is 0 Å². The van der Waals surface area contributed by atoms with E-state index >= 15 is 0 Å². The maximum atomic E-state index is 12.1. The minimum Gasteiger partial charge on any atom is -0.355 e. The van der Waals surface area contributed by atoms with Crippen LogP contribution in [0.15, 0.2) is 30.3 Å². The number of carbonyl (C=O) groups excluding carboxylic acids is 1. The Kier molecular flexibility index (Phi) is 7.06. The van der Waals surface area contributed by atoms with Gasteiger partial charge in [-0.05, 0) is 43.2 Å². The molecular weight excluding hydrogens is 286 g/mol. The van der Waals surface area contributed by atoms with Gasteiger partial charge in [0, 0.05) is 19.6 Å². The van der Waals surface area contributed by atoms with Gasteiger partial charge in [0.05, 0.1) is 6.04 Å². The fourth-order valence-corrected chi connectivity index (χ4v) is 3.58. The zero-order valence-corrected chi connectivity index (χ0v) is 14.5. The molecule has 3 unspecified atom stereocenters. The SMILES string of the molecule is CC1CC(C)CN(CCCNC(=O)C(N)Cc2ccccc2)C1. The van der Waals surface area contributed by atoms with Gasteiger partial charge < -0.3 is 16.0 Å². The minimum absolute atomic E-state index is 0.0470. The number of likely N-dealkylation sites (tertiary alicyclic amines) is 1. The summed E-state index contributed by atoms with van der Waals surface area (Å²) in [6, 6.07) is 9.46. The van der Waals surface area contributed by atoms with Gasteiger partial charge in [-0.2, -0.15) is 0 Å². The minimum atomic E-state index is -0.465. The largest absolute Gasteiger partial charge is 0.355 e. The summed E-state index contributed by atoms with van der Waals surface area (Å²) in [5, 5.41) is 2.97. The number of hydrogen-bond acceptors (Lipinski definition) is 3. The highest BCUT2D eigenvalue weighted by Gasteiger charge is 2.21. The lowest BCUT2D eigenvalue weighted by atomic mass is 9.92. The zero-order valence-electron chi connectivity index (χ0n) is 14.5. The Morgan fingerprint density at radius 1 is 1.26 bits per heavy atom. The standard InChI is InChI=1S/C19H31N3O/c1-15-11-16(2)14-22(13-15)10-6-9-21-19(23)18(20)12-17-7-4-3-5-8-17/h3-5,7-8,15-16,18H,6,9-14,20H2,1-2H3,(H,21,23). The molecule has 1 aliphatic rings. The van der Waals surface area contributed by atoms with Crippen molar-refractivity contribution >= 4 is 5.91 Å². The fraction of sp³-hybridized carbons (Fsp3) is 0.632. The molecule has 1 heterocycles. The summed E-state index contributed by atoms with van der Waals surface area (Å²) in [5.41, 5.74) is 7.09. The first kappa shape index (κ1) is 18.0. The molecule has 1 fully saturated rings. The molecule has 3 atom stereocenters. The molecule has 2 rings (SSSR count). The van der Waals surface area contributed by atoms with Crippen molar-refractivity contribution in [2.45, 2.75) is 39.2 Å². The first-order chi connectivity index (χ1) is 11.0. The van der Waals surface area contributed by atoms with E-state index < -0.39 is 6.04 Å². The molecule has 0 aromatic heterocycles. The van der Waals surface area contributed by atoms with E-state index in [0.29, 0.717) is 13.0 Å². The Morgan fingerprint density at radius 3 is 2.57 bits per heavy atom. The number of piperidine rings is 1. The molecule has 128 valence electrons. The number of benzene rings is 1. The molecule has 0 spiro atoms. The van der Waals surface area contributed by atoms with Crippen molar-refractivity contribution in [3.63, 3.8) is 0 Å². The van der Waals surface area contributed by atoms with Crippen molar-refractivity contribution in [3.05, 3.63) is 35.9 Å². The van der Waals surface area contributed by atoms with Gasteiger partial charge in [0.25, 0.3) is 0 Å². The monoisotopic (exact) mass is 317 g/mol. The lowest BCUT2D eigenvalue weighted by Gasteiger charge is -2.34. The molecule has 4 nitrogen and oxygen atoms in total. The van der Waals surface area contributed by atoms with Gasteiger partial charge >= 0.3 is 0 Å². The Bertz CT molecular complexity index is 467. The van der Waals surface area contributed by atoms with Crippen molar-refractivity contribution in [2.75, 3.05) is 26.2 Å². The number of amides is 1. The predicted octanol–water partition coefficient (Wildman–Crippen LogP) is 2.04. The number of hydrogen-bond donors (Lipinski definition) is 2. The second-order valence-corrected chi connectivity index (χ2v) is 7.15. The van der Waals surface area contributed by atoms with Crippen LogP contribution >= 0.6 is 0 Å². The first-order valence-electron chi connectivity index (χ1n) is 8.84. The van der Waals surface area contributed by atoms with E-state index in [9.17, 15) is 4.79 Å². The quantitative estimate of drug-likeness (QED) is 0.757. The molecular formula is C19H31N3O. The summed E-state index contributed by atoms with van der Waals surface area (Å²) in [6.07, 6.45) is 2.92. The van der Waals surface area contributed by atoms with E-state index in [-0.39, 0.29) is 5.91 Å². The molecule has 1 saturated heterocycles. The van der Waals surface area contributed by atoms with Crippen molar-refractivity contribution < 1.29 is 4.79 Å².